The quantitative estimate of drug-likeness (QED) is 0.286. The third-order valence-electron chi connectivity index (χ3n) is 2.15. The number of carbonyl (C=O) groups is 1. The first-order valence-corrected chi connectivity index (χ1v) is 6.99. The SMILES string of the molecule is C[Si](O)(O)O[C@@H]1O[C@H](C(=O)O)[C@@H](O)[C@H](O)[C@@H]1O. The molecule has 17 heavy (non-hydrogen) atoms. The van der Waals surface area contributed by atoms with Crippen LogP contribution in [0.15, 0.2) is 0 Å². The van der Waals surface area contributed by atoms with Crippen molar-refractivity contribution in [3.05, 3.63) is 0 Å². The minimum Gasteiger partial charge on any atom is -0.479 e. The van der Waals surface area contributed by atoms with Gasteiger partial charge in [-0.25, -0.2) is 4.79 Å². The van der Waals surface area contributed by atoms with E-state index < -0.39 is 45.5 Å². The number of hydrogen-bond acceptors (Lipinski definition) is 8. The summed E-state index contributed by atoms with van der Waals surface area (Å²) in [6.07, 6.45) is -9.01. The van der Waals surface area contributed by atoms with Gasteiger partial charge < -0.3 is 39.2 Å². The van der Waals surface area contributed by atoms with Crippen molar-refractivity contribution in [3.8, 4) is 0 Å². The molecule has 1 rings (SSSR count). The number of aliphatic hydroxyl groups excluding tert-OH is 3. The van der Waals surface area contributed by atoms with Gasteiger partial charge in [-0.15, -0.1) is 0 Å². The lowest BCUT2D eigenvalue weighted by atomic mass is 9.99. The molecule has 10 heteroatoms. The van der Waals surface area contributed by atoms with E-state index in [2.05, 4.69) is 9.16 Å². The summed E-state index contributed by atoms with van der Waals surface area (Å²) in [5.74, 6) is -1.57. The Balaban J connectivity index is 2.82. The number of hydrogen-bond donors (Lipinski definition) is 6. The first-order chi connectivity index (χ1) is 7.63. The predicted molar refractivity (Wildman–Crippen MR) is 51.5 cm³/mol. The maximum absolute atomic E-state index is 10.7. The van der Waals surface area contributed by atoms with E-state index in [9.17, 15) is 20.1 Å². The number of rotatable bonds is 3. The van der Waals surface area contributed by atoms with Gasteiger partial charge in [-0.05, 0) is 0 Å². The van der Waals surface area contributed by atoms with Crippen LogP contribution in [0, 0.1) is 0 Å². The van der Waals surface area contributed by atoms with Gasteiger partial charge in [0.2, 0.25) is 0 Å². The summed E-state index contributed by atoms with van der Waals surface area (Å²) in [7, 11) is -4.07. The molecule has 100 valence electrons. The second kappa shape index (κ2) is 4.95. The number of aliphatic hydroxyl groups is 3. The second-order valence-corrected chi connectivity index (χ2v) is 5.89. The maximum Gasteiger partial charge on any atom is 0.494 e. The monoisotopic (exact) mass is 270 g/mol. The van der Waals surface area contributed by atoms with E-state index in [4.69, 9.17) is 14.7 Å². The smallest absolute Gasteiger partial charge is 0.479 e. The van der Waals surface area contributed by atoms with Crippen molar-refractivity contribution in [1.82, 2.24) is 0 Å². The Hall–Kier alpha value is -0.593. The van der Waals surface area contributed by atoms with Crippen molar-refractivity contribution in [2.75, 3.05) is 0 Å². The molecule has 1 saturated heterocycles. The van der Waals surface area contributed by atoms with Crippen LogP contribution in [-0.2, 0) is 14.0 Å². The summed E-state index contributed by atoms with van der Waals surface area (Å²) in [6, 6.07) is 0. The number of aliphatic carboxylic acids is 1. The largest absolute Gasteiger partial charge is 0.494 e. The van der Waals surface area contributed by atoms with E-state index in [0.717, 1.165) is 6.55 Å². The molecule has 1 aliphatic rings. The second-order valence-electron chi connectivity index (χ2n) is 3.79. The van der Waals surface area contributed by atoms with Crippen molar-refractivity contribution < 1.29 is 44.0 Å². The molecule has 0 aromatic rings. The minimum absolute atomic E-state index is 0.941. The number of carboxylic acid groups (broad SMARTS) is 1. The van der Waals surface area contributed by atoms with Gasteiger partial charge in [0.15, 0.2) is 12.4 Å². The molecule has 0 saturated carbocycles. The Morgan fingerprint density at radius 1 is 1.18 bits per heavy atom. The Bertz CT molecular complexity index is 290. The van der Waals surface area contributed by atoms with Crippen molar-refractivity contribution in [2.45, 2.75) is 37.3 Å². The van der Waals surface area contributed by atoms with E-state index in [0.29, 0.717) is 0 Å². The van der Waals surface area contributed by atoms with Gasteiger partial charge in [-0.2, -0.15) is 0 Å². The summed E-state index contributed by atoms with van der Waals surface area (Å²) in [4.78, 5) is 28.8. The zero-order valence-corrected chi connectivity index (χ0v) is 9.79. The first kappa shape index (κ1) is 14.5. The Morgan fingerprint density at radius 2 is 1.71 bits per heavy atom. The minimum atomic E-state index is -4.07. The highest BCUT2D eigenvalue weighted by Gasteiger charge is 2.49. The van der Waals surface area contributed by atoms with Crippen molar-refractivity contribution in [1.29, 1.82) is 0 Å². The average Bonchev–Trinajstić information content (AvgIpc) is 2.16. The molecule has 1 fully saturated rings. The van der Waals surface area contributed by atoms with E-state index in [1.165, 1.54) is 0 Å². The van der Waals surface area contributed by atoms with Gasteiger partial charge in [0.25, 0.3) is 0 Å². The molecule has 0 spiro atoms. The van der Waals surface area contributed by atoms with Crippen LogP contribution in [0.2, 0.25) is 6.55 Å². The van der Waals surface area contributed by atoms with Crippen LogP contribution in [0.3, 0.4) is 0 Å². The molecule has 1 aliphatic heterocycles. The molecular formula is C7H14O9Si. The van der Waals surface area contributed by atoms with Crippen LogP contribution in [0.5, 0.6) is 0 Å². The number of ether oxygens (including phenoxy) is 1. The molecule has 0 aromatic heterocycles. The average molecular weight is 270 g/mol. The summed E-state index contributed by atoms with van der Waals surface area (Å²) in [6.45, 7) is 0.941. The Morgan fingerprint density at radius 3 is 2.12 bits per heavy atom. The van der Waals surface area contributed by atoms with Gasteiger partial charge in [0.1, 0.15) is 18.3 Å². The molecule has 9 nitrogen and oxygen atoms in total. The highest BCUT2D eigenvalue weighted by atomic mass is 28.4. The topological polar surface area (TPSA) is 157 Å². The summed E-state index contributed by atoms with van der Waals surface area (Å²) in [5, 5.41) is 36.8. The van der Waals surface area contributed by atoms with Crippen LogP contribution in [-0.4, -0.2) is 75.5 Å². The standard InChI is InChI=1S/C7H14O9Si/c1-17(13,14)16-7-4(10)2(8)3(9)5(15-7)6(11)12/h2-5,7-10,13-14H,1H3,(H,11,12)/t2-,3-,4-,5-,7-/m0/s1. The van der Waals surface area contributed by atoms with Gasteiger partial charge in [-0.3, -0.25) is 0 Å². The zero-order valence-electron chi connectivity index (χ0n) is 8.79. The fourth-order valence-electron chi connectivity index (χ4n) is 1.37. The lowest BCUT2D eigenvalue weighted by molar-refractivity contribution is -0.279. The van der Waals surface area contributed by atoms with E-state index in [1.807, 2.05) is 0 Å². The van der Waals surface area contributed by atoms with Crippen LogP contribution < -0.4 is 0 Å². The molecule has 1 heterocycles. The summed E-state index contributed by atoms with van der Waals surface area (Å²) in [5.41, 5.74) is 0. The molecule has 6 N–H and O–H groups in total. The van der Waals surface area contributed by atoms with Gasteiger partial charge in [0.05, 0.1) is 0 Å². The van der Waals surface area contributed by atoms with Gasteiger partial charge in [0, 0.05) is 6.55 Å². The normalized spacial score (nSPS) is 39.1. The Labute approximate surface area is 96.8 Å². The van der Waals surface area contributed by atoms with Crippen LogP contribution in [0.1, 0.15) is 0 Å². The van der Waals surface area contributed by atoms with Crippen molar-refractivity contribution >= 4 is 14.8 Å². The first-order valence-electron chi connectivity index (χ1n) is 4.68. The Kier molecular flexibility index (Phi) is 4.22. The molecule has 5 atom stereocenters. The molecule has 0 aliphatic carbocycles. The molecule has 0 radical (unpaired) electrons. The molecular weight excluding hydrogens is 256 g/mol. The lowest BCUT2D eigenvalue weighted by Gasteiger charge is -2.39. The van der Waals surface area contributed by atoms with E-state index in [-0.39, 0.29) is 0 Å². The third kappa shape index (κ3) is 3.43. The van der Waals surface area contributed by atoms with E-state index in [1.54, 1.807) is 0 Å². The van der Waals surface area contributed by atoms with Crippen molar-refractivity contribution in [2.24, 2.45) is 0 Å². The fourth-order valence-corrected chi connectivity index (χ4v) is 2.00. The van der Waals surface area contributed by atoms with E-state index >= 15 is 0 Å². The van der Waals surface area contributed by atoms with Crippen LogP contribution in [0.25, 0.3) is 0 Å². The van der Waals surface area contributed by atoms with Crippen LogP contribution in [0.4, 0.5) is 0 Å². The molecule has 0 aromatic carbocycles. The third-order valence-corrected chi connectivity index (χ3v) is 2.83. The zero-order chi connectivity index (χ0) is 13.4. The van der Waals surface area contributed by atoms with Crippen molar-refractivity contribution in [3.63, 3.8) is 0 Å². The number of carboxylic acids is 1. The predicted octanol–water partition coefficient (Wildman–Crippen LogP) is -3.55. The van der Waals surface area contributed by atoms with Crippen LogP contribution >= 0.6 is 0 Å². The highest BCUT2D eigenvalue weighted by molar-refractivity contribution is 6.56. The summed E-state index contributed by atoms with van der Waals surface area (Å²) >= 11 is 0. The molecule has 0 unspecified atom stereocenters. The summed E-state index contributed by atoms with van der Waals surface area (Å²) < 4.78 is 9.19. The maximum atomic E-state index is 10.7. The van der Waals surface area contributed by atoms with Gasteiger partial charge >= 0.3 is 14.8 Å². The lowest BCUT2D eigenvalue weighted by Crippen LogP contribution is -2.62. The molecule has 0 amide bonds. The highest BCUT2D eigenvalue weighted by Crippen LogP contribution is 2.23. The van der Waals surface area contributed by atoms with Gasteiger partial charge in [-0.1, -0.05) is 0 Å². The fraction of sp³-hybridized carbons (Fsp3) is 0.857. The molecule has 0 bridgehead atoms.